The van der Waals surface area contributed by atoms with Gasteiger partial charge in [0.05, 0.1) is 19.8 Å². The molecule has 9 heteroatoms. The van der Waals surface area contributed by atoms with Crippen LogP contribution in [0, 0.1) is 11.8 Å². The Morgan fingerprint density at radius 1 is 1.16 bits per heavy atom. The van der Waals surface area contributed by atoms with Crippen molar-refractivity contribution in [2.24, 2.45) is 21.8 Å². The van der Waals surface area contributed by atoms with E-state index in [0.717, 1.165) is 36.3 Å². The molecule has 0 spiro atoms. The fraction of sp³-hybridized carbons (Fsp3) is 0.478. The molecule has 1 aliphatic carbocycles. The van der Waals surface area contributed by atoms with E-state index in [1.54, 1.807) is 19.0 Å². The number of para-hydroxylation sites is 1. The normalized spacial score (nSPS) is 21.8. The summed E-state index contributed by atoms with van der Waals surface area (Å²) in [6, 6.07) is 9.02. The van der Waals surface area contributed by atoms with Crippen LogP contribution in [0.4, 0.5) is 10.5 Å². The number of imide groups is 1. The van der Waals surface area contributed by atoms with E-state index in [4.69, 9.17) is 9.98 Å². The number of fused-ring (bicyclic) bond motifs is 1. The van der Waals surface area contributed by atoms with E-state index in [1.165, 1.54) is 29.8 Å². The summed E-state index contributed by atoms with van der Waals surface area (Å²) in [4.78, 5) is 50.6. The fourth-order valence-electron chi connectivity index (χ4n) is 4.28. The van der Waals surface area contributed by atoms with Crippen molar-refractivity contribution in [2.75, 3.05) is 31.8 Å². The molecule has 3 aliphatic rings. The van der Waals surface area contributed by atoms with Gasteiger partial charge in [-0.25, -0.2) is 9.79 Å². The Labute approximate surface area is 192 Å². The lowest BCUT2D eigenvalue weighted by Gasteiger charge is -2.28. The third-order valence-corrected chi connectivity index (χ3v) is 7.30. The van der Waals surface area contributed by atoms with Gasteiger partial charge in [0.1, 0.15) is 5.04 Å². The van der Waals surface area contributed by atoms with Gasteiger partial charge in [-0.1, -0.05) is 54.2 Å². The van der Waals surface area contributed by atoms with Gasteiger partial charge in [0, 0.05) is 18.7 Å². The molecule has 1 fully saturated rings. The number of benzene rings is 1. The van der Waals surface area contributed by atoms with E-state index < -0.39 is 11.9 Å². The number of nitrogens with zero attached hydrogens (tertiary/aromatic N) is 5. The minimum atomic E-state index is -0.755. The number of urea groups is 1. The highest BCUT2D eigenvalue weighted by Gasteiger charge is 2.49. The van der Waals surface area contributed by atoms with E-state index in [-0.39, 0.29) is 23.5 Å². The van der Waals surface area contributed by atoms with Crippen molar-refractivity contribution in [3.63, 3.8) is 0 Å². The third-order valence-electron chi connectivity index (χ3n) is 6.29. The van der Waals surface area contributed by atoms with Gasteiger partial charge in [-0.2, -0.15) is 9.48 Å². The average molecular weight is 455 g/mol. The number of amides is 4. The van der Waals surface area contributed by atoms with Crippen molar-refractivity contribution < 1.29 is 19.0 Å². The van der Waals surface area contributed by atoms with Gasteiger partial charge in [0.15, 0.2) is 5.92 Å². The molecule has 8 nitrogen and oxygen atoms in total. The third kappa shape index (κ3) is 4.26. The molecule has 0 radical (unpaired) electrons. The second-order valence-corrected chi connectivity index (χ2v) is 9.36. The molecule has 1 atom stereocenters. The van der Waals surface area contributed by atoms with Gasteiger partial charge in [-0.15, -0.1) is 0 Å². The summed E-state index contributed by atoms with van der Waals surface area (Å²) in [5.74, 6) is 0.251. The average Bonchev–Trinajstić information content (AvgIpc) is 2.84. The molecule has 32 heavy (non-hydrogen) atoms. The Morgan fingerprint density at radius 3 is 2.53 bits per heavy atom. The fourth-order valence-corrected chi connectivity index (χ4v) is 5.27. The molecule has 168 valence electrons. The summed E-state index contributed by atoms with van der Waals surface area (Å²) in [5.41, 5.74) is 0.805. The number of thioether (sulfide) groups is 1. The molecule has 2 heterocycles. The summed E-state index contributed by atoms with van der Waals surface area (Å²) in [6.07, 6.45) is 5.45. The zero-order valence-corrected chi connectivity index (χ0v) is 19.5. The molecule has 0 aromatic heterocycles. The monoisotopic (exact) mass is 454 g/mol. The number of carbonyl (C=O) groups excluding carboxylic acids is 3. The van der Waals surface area contributed by atoms with Crippen LogP contribution in [-0.4, -0.2) is 70.9 Å². The zero-order chi connectivity index (χ0) is 22.8. The summed E-state index contributed by atoms with van der Waals surface area (Å²) < 4.78 is 1.43. The first-order valence-corrected chi connectivity index (χ1v) is 11.9. The van der Waals surface area contributed by atoms with E-state index in [0.29, 0.717) is 16.7 Å². The minimum absolute atomic E-state index is 0.0896. The molecular weight excluding hydrogens is 426 g/mol. The molecule has 1 aromatic carbocycles. The predicted molar refractivity (Wildman–Crippen MR) is 127 cm³/mol. The van der Waals surface area contributed by atoms with Crippen LogP contribution in [0.25, 0.3) is 0 Å². The Kier molecular flexibility index (Phi) is 6.55. The van der Waals surface area contributed by atoms with Crippen LogP contribution in [0.3, 0.4) is 0 Å². The Hall–Kier alpha value is -2.81. The van der Waals surface area contributed by atoms with Crippen molar-refractivity contribution in [3.8, 4) is 0 Å². The highest BCUT2D eigenvalue weighted by Crippen LogP contribution is 2.31. The highest BCUT2D eigenvalue weighted by molar-refractivity contribution is 8.14. The lowest BCUT2D eigenvalue weighted by atomic mass is 9.88. The second-order valence-electron chi connectivity index (χ2n) is 8.36. The van der Waals surface area contributed by atoms with Crippen LogP contribution in [0.2, 0.25) is 0 Å². The maximum Gasteiger partial charge on any atom is 0.445 e. The number of aliphatic imine (C=N–C) groups is 2. The number of hydrogen-bond donors (Lipinski definition) is 0. The molecule has 1 unspecified atom stereocenters. The molecular formula is C23H28N5O3S+. The number of amidine groups is 2. The number of hydrogen-bond acceptors (Lipinski definition) is 6. The van der Waals surface area contributed by atoms with E-state index >= 15 is 0 Å². The van der Waals surface area contributed by atoms with Gasteiger partial charge in [-0.05, 0) is 25.0 Å². The first kappa shape index (κ1) is 22.4. The maximum absolute atomic E-state index is 13.0. The topological polar surface area (TPSA) is 85.4 Å². The molecule has 0 saturated heterocycles. The standard InChI is InChI=1S/C23H28N5O3S/c1-26(16-12-8-5-9-13-16)17(29)14-32-21-18-20(27(2)23(31)28(3)22(18)30)24-19(25-21)15-10-6-4-7-11-15/h5,8-9,12-13,15,18H,4,6-7,10-11,14H2,1-3H3/q+1. The van der Waals surface area contributed by atoms with Crippen molar-refractivity contribution in [3.05, 3.63) is 30.3 Å². The molecule has 0 bridgehead atoms. The van der Waals surface area contributed by atoms with Crippen LogP contribution >= 0.6 is 11.8 Å². The van der Waals surface area contributed by atoms with Gasteiger partial charge in [-0.3, -0.25) is 9.59 Å². The van der Waals surface area contributed by atoms with Crippen molar-refractivity contribution in [2.45, 2.75) is 32.1 Å². The van der Waals surface area contributed by atoms with Gasteiger partial charge < -0.3 is 4.90 Å². The molecule has 4 amide bonds. The molecule has 1 saturated carbocycles. The van der Waals surface area contributed by atoms with Crippen molar-refractivity contribution in [1.29, 1.82) is 0 Å². The summed E-state index contributed by atoms with van der Waals surface area (Å²) >= 11 is 1.26. The lowest BCUT2D eigenvalue weighted by molar-refractivity contribution is -0.407. The SMILES string of the molecule is CN1C(=O)C2C(SCC(=O)N(C)c3ccccc3)=NC(C3CCCCC3)=NC2=[N+](C)C1=O. The predicted octanol–water partition coefficient (Wildman–Crippen LogP) is 3.02. The Morgan fingerprint density at radius 2 is 1.84 bits per heavy atom. The molecule has 4 rings (SSSR count). The van der Waals surface area contributed by atoms with Crippen LogP contribution in [0.5, 0.6) is 0 Å². The summed E-state index contributed by atoms with van der Waals surface area (Å²) in [7, 11) is 4.84. The second kappa shape index (κ2) is 9.36. The van der Waals surface area contributed by atoms with Crippen LogP contribution < -0.4 is 4.90 Å². The summed E-state index contributed by atoms with van der Waals surface area (Å²) in [6.45, 7) is 0. The minimum Gasteiger partial charge on any atom is -0.315 e. The highest BCUT2D eigenvalue weighted by atomic mass is 32.2. The number of anilines is 1. The van der Waals surface area contributed by atoms with Gasteiger partial charge in [0.2, 0.25) is 11.7 Å². The summed E-state index contributed by atoms with van der Waals surface area (Å²) in [5, 5.41) is 0.543. The molecule has 0 N–H and O–H groups in total. The van der Waals surface area contributed by atoms with Crippen LogP contribution in [-0.2, 0) is 9.59 Å². The van der Waals surface area contributed by atoms with Crippen molar-refractivity contribution >= 4 is 52.0 Å². The Balaban J connectivity index is 1.61. The molecule has 1 aromatic rings. The largest absolute Gasteiger partial charge is 0.445 e. The number of rotatable bonds is 4. The van der Waals surface area contributed by atoms with Crippen LogP contribution in [0.1, 0.15) is 32.1 Å². The number of carbonyl (C=O) groups is 3. The van der Waals surface area contributed by atoms with Crippen LogP contribution in [0.15, 0.2) is 40.3 Å². The maximum atomic E-state index is 13.0. The van der Waals surface area contributed by atoms with E-state index in [2.05, 4.69) is 0 Å². The first-order chi connectivity index (χ1) is 15.4. The quantitative estimate of drug-likeness (QED) is 0.655. The lowest BCUT2D eigenvalue weighted by Crippen LogP contribution is -2.55. The molecule has 2 aliphatic heterocycles. The smallest absolute Gasteiger partial charge is 0.315 e. The van der Waals surface area contributed by atoms with Crippen molar-refractivity contribution in [1.82, 2.24) is 4.90 Å². The van der Waals surface area contributed by atoms with E-state index in [9.17, 15) is 14.4 Å². The van der Waals surface area contributed by atoms with Gasteiger partial charge in [0.25, 0.3) is 5.84 Å². The Bertz CT molecular complexity index is 1030. The van der Waals surface area contributed by atoms with E-state index in [1.807, 2.05) is 30.3 Å². The zero-order valence-electron chi connectivity index (χ0n) is 18.7. The first-order valence-electron chi connectivity index (χ1n) is 10.9. The van der Waals surface area contributed by atoms with Gasteiger partial charge >= 0.3 is 11.9 Å².